The largest absolute Gasteiger partial charge is 0.0985 e. The summed E-state index contributed by atoms with van der Waals surface area (Å²) >= 11 is 0. The molecule has 0 saturated heterocycles. The van der Waals surface area contributed by atoms with E-state index in [1.807, 2.05) is 6.08 Å². The van der Waals surface area contributed by atoms with Crippen LogP contribution in [-0.4, -0.2) is 0 Å². The van der Waals surface area contributed by atoms with Crippen LogP contribution in [0, 0.1) is 11.8 Å². The van der Waals surface area contributed by atoms with Crippen molar-refractivity contribution in [2.24, 2.45) is 11.8 Å². The van der Waals surface area contributed by atoms with Gasteiger partial charge in [0, 0.05) is 0 Å². The minimum Gasteiger partial charge on any atom is -0.0985 e. The van der Waals surface area contributed by atoms with Gasteiger partial charge in [-0.15, -0.1) is 0 Å². The molecule has 3 rings (SSSR count). The Hall–Kier alpha value is -1.30. The summed E-state index contributed by atoms with van der Waals surface area (Å²) in [6.07, 6.45) is 10.8. The van der Waals surface area contributed by atoms with Crippen molar-refractivity contribution in [2.45, 2.75) is 25.2 Å². The monoisotopic (exact) mass is 210 g/mol. The zero-order chi connectivity index (χ0) is 11.0. The smallest absolute Gasteiger partial charge is 0.00935 e. The van der Waals surface area contributed by atoms with Crippen molar-refractivity contribution in [3.8, 4) is 0 Å². The highest BCUT2D eigenvalue weighted by Crippen LogP contribution is 2.51. The van der Waals surface area contributed by atoms with E-state index in [1.54, 1.807) is 0 Å². The molecule has 82 valence electrons. The molecule has 1 saturated carbocycles. The lowest BCUT2D eigenvalue weighted by Crippen LogP contribution is -2.34. The number of allylic oxidation sites excluding steroid dienone is 2. The lowest BCUT2D eigenvalue weighted by atomic mass is 9.59. The first kappa shape index (κ1) is 9.89. The Kier molecular flexibility index (Phi) is 2.43. The van der Waals surface area contributed by atoms with E-state index in [-0.39, 0.29) is 0 Å². The molecule has 0 heteroatoms. The van der Waals surface area contributed by atoms with E-state index in [9.17, 15) is 0 Å². The minimum atomic E-state index is 0.778. The van der Waals surface area contributed by atoms with Crippen LogP contribution in [0.15, 0.2) is 43.0 Å². The van der Waals surface area contributed by atoms with E-state index in [1.165, 1.54) is 30.4 Å². The lowest BCUT2D eigenvalue weighted by molar-refractivity contribution is 0.159. The van der Waals surface area contributed by atoms with E-state index >= 15 is 0 Å². The third-order valence-electron chi connectivity index (χ3n) is 4.23. The topological polar surface area (TPSA) is 0 Å². The van der Waals surface area contributed by atoms with Crippen LogP contribution in [-0.2, 0) is 0 Å². The van der Waals surface area contributed by atoms with Crippen LogP contribution in [0.5, 0.6) is 0 Å². The van der Waals surface area contributed by atoms with Gasteiger partial charge in [0.05, 0.1) is 0 Å². The van der Waals surface area contributed by atoms with Gasteiger partial charge in [-0.1, -0.05) is 49.1 Å². The Balaban J connectivity index is 1.80. The second kappa shape index (κ2) is 3.93. The summed E-state index contributed by atoms with van der Waals surface area (Å²) in [7, 11) is 0. The van der Waals surface area contributed by atoms with Gasteiger partial charge in [0.25, 0.3) is 0 Å². The predicted molar refractivity (Wildman–Crippen MR) is 69.2 cm³/mol. The molecule has 16 heavy (non-hydrogen) atoms. The van der Waals surface area contributed by atoms with Crippen LogP contribution in [0.1, 0.15) is 36.3 Å². The van der Waals surface area contributed by atoms with Gasteiger partial charge < -0.3 is 0 Å². The normalized spacial score (nSPS) is 31.6. The van der Waals surface area contributed by atoms with Crippen LogP contribution in [0.25, 0.3) is 6.08 Å². The highest BCUT2D eigenvalue weighted by atomic mass is 14.4. The first-order valence-corrected chi connectivity index (χ1v) is 6.27. The lowest BCUT2D eigenvalue weighted by Gasteiger charge is -2.45. The number of hydrogen-bond donors (Lipinski definition) is 0. The SMILES string of the molecule is C=Cc1ccc([C@H]2C[C@@H]3CCC=C[C@@H]32)cc1. The highest BCUT2D eigenvalue weighted by molar-refractivity contribution is 5.47. The van der Waals surface area contributed by atoms with Crippen LogP contribution >= 0.6 is 0 Å². The number of fused-ring (bicyclic) bond motifs is 1. The van der Waals surface area contributed by atoms with Crippen molar-refractivity contribution in [3.05, 3.63) is 54.1 Å². The maximum absolute atomic E-state index is 3.79. The summed E-state index contributed by atoms with van der Waals surface area (Å²) < 4.78 is 0. The molecule has 1 aromatic rings. The van der Waals surface area contributed by atoms with Gasteiger partial charge in [0.15, 0.2) is 0 Å². The Morgan fingerprint density at radius 3 is 2.69 bits per heavy atom. The van der Waals surface area contributed by atoms with Crippen molar-refractivity contribution < 1.29 is 0 Å². The predicted octanol–water partition coefficient (Wildman–Crippen LogP) is 4.40. The molecule has 0 N–H and O–H groups in total. The molecule has 1 aromatic carbocycles. The molecular weight excluding hydrogens is 192 g/mol. The summed E-state index contributed by atoms with van der Waals surface area (Å²) in [5, 5.41) is 0. The molecule has 0 aliphatic heterocycles. The molecular formula is C16H18. The van der Waals surface area contributed by atoms with Crippen LogP contribution < -0.4 is 0 Å². The number of hydrogen-bond acceptors (Lipinski definition) is 0. The van der Waals surface area contributed by atoms with Crippen molar-refractivity contribution >= 4 is 6.08 Å². The third-order valence-corrected chi connectivity index (χ3v) is 4.23. The molecule has 0 spiro atoms. The Morgan fingerprint density at radius 1 is 1.19 bits per heavy atom. The molecule has 0 heterocycles. The van der Waals surface area contributed by atoms with Gasteiger partial charge in [-0.3, -0.25) is 0 Å². The van der Waals surface area contributed by atoms with Crippen molar-refractivity contribution in [2.75, 3.05) is 0 Å². The molecule has 3 atom stereocenters. The van der Waals surface area contributed by atoms with Crippen molar-refractivity contribution in [1.29, 1.82) is 0 Å². The van der Waals surface area contributed by atoms with Gasteiger partial charge in [0.2, 0.25) is 0 Å². The zero-order valence-electron chi connectivity index (χ0n) is 9.60. The molecule has 0 aromatic heterocycles. The summed E-state index contributed by atoms with van der Waals surface area (Å²) in [5.41, 5.74) is 2.73. The van der Waals surface area contributed by atoms with Crippen LogP contribution in [0.4, 0.5) is 0 Å². The molecule has 0 bridgehead atoms. The van der Waals surface area contributed by atoms with Crippen molar-refractivity contribution in [1.82, 2.24) is 0 Å². The van der Waals surface area contributed by atoms with Gasteiger partial charge in [-0.2, -0.15) is 0 Å². The average Bonchev–Trinajstić information content (AvgIpc) is 2.32. The average molecular weight is 210 g/mol. The van der Waals surface area contributed by atoms with Gasteiger partial charge in [0.1, 0.15) is 0 Å². The highest BCUT2D eigenvalue weighted by Gasteiger charge is 2.40. The summed E-state index contributed by atoms with van der Waals surface area (Å²) in [6.45, 7) is 3.79. The molecule has 0 unspecified atom stereocenters. The third kappa shape index (κ3) is 1.53. The number of rotatable bonds is 2. The fraction of sp³-hybridized carbons (Fsp3) is 0.375. The van der Waals surface area contributed by atoms with E-state index in [2.05, 4.69) is 43.0 Å². The molecule has 2 aliphatic carbocycles. The fourth-order valence-electron chi connectivity index (χ4n) is 3.18. The molecule has 0 nitrogen and oxygen atoms in total. The standard InChI is InChI=1S/C16H18/c1-2-12-7-9-13(10-8-12)16-11-14-5-3-4-6-15(14)16/h2,4,6-10,14-16H,1,3,5,11H2/t14-,15-,16+/m0/s1. The summed E-state index contributed by atoms with van der Waals surface area (Å²) in [5.74, 6) is 2.57. The zero-order valence-corrected chi connectivity index (χ0v) is 9.60. The van der Waals surface area contributed by atoms with Gasteiger partial charge in [-0.25, -0.2) is 0 Å². The fourth-order valence-corrected chi connectivity index (χ4v) is 3.18. The van der Waals surface area contributed by atoms with Gasteiger partial charge in [-0.05, 0) is 48.1 Å². The quantitative estimate of drug-likeness (QED) is 0.635. The number of benzene rings is 1. The van der Waals surface area contributed by atoms with E-state index in [0.717, 1.165) is 17.8 Å². The van der Waals surface area contributed by atoms with Crippen LogP contribution in [0.2, 0.25) is 0 Å². The van der Waals surface area contributed by atoms with Gasteiger partial charge >= 0.3 is 0 Å². The second-order valence-electron chi connectivity index (χ2n) is 5.06. The first-order chi connectivity index (χ1) is 7.88. The summed E-state index contributed by atoms with van der Waals surface area (Å²) in [4.78, 5) is 0. The summed E-state index contributed by atoms with van der Waals surface area (Å²) in [6, 6.07) is 8.92. The first-order valence-electron chi connectivity index (χ1n) is 6.27. The van der Waals surface area contributed by atoms with E-state index in [4.69, 9.17) is 0 Å². The Morgan fingerprint density at radius 2 is 2.00 bits per heavy atom. The molecule has 2 aliphatic rings. The van der Waals surface area contributed by atoms with E-state index < -0.39 is 0 Å². The van der Waals surface area contributed by atoms with E-state index in [0.29, 0.717) is 0 Å². The molecule has 0 amide bonds. The van der Waals surface area contributed by atoms with Crippen molar-refractivity contribution in [3.63, 3.8) is 0 Å². The maximum Gasteiger partial charge on any atom is -0.00935 e. The Labute approximate surface area is 97.7 Å². The minimum absolute atomic E-state index is 0.778. The maximum atomic E-state index is 3.79. The van der Waals surface area contributed by atoms with Crippen LogP contribution in [0.3, 0.4) is 0 Å². The Bertz CT molecular complexity index is 410. The second-order valence-corrected chi connectivity index (χ2v) is 5.06. The molecule has 0 radical (unpaired) electrons. The molecule has 1 fully saturated rings.